The van der Waals surface area contributed by atoms with Crippen molar-refractivity contribution in [2.45, 2.75) is 22.7 Å². The SMILES string of the molecule is COc1ccc(OC)c(CNC(=O)c2ccc(Sc3nc(C)cs3)c([N+](=O)[O-])c2)c1. The molecule has 10 heteroatoms. The number of carbonyl (C=O) groups is 1. The summed E-state index contributed by atoms with van der Waals surface area (Å²) < 4.78 is 11.2. The smallest absolute Gasteiger partial charge is 0.284 e. The lowest BCUT2D eigenvalue weighted by Crippen LogP contribution is -2.23. The van der Waals surface area contributed by atoms with Crippen LogP contribution < -0.4 is 14.8 Å². The number of carbonyl (C=O) groups excluding carboxylic acids is 1. The van der Waals surface area contributed by atoms with Gasteiger partial charge in [0.2, 0.25) is 0 Å². The first kappa shape index (κ1) is 21.6. The molecular formula is C20H19N3O5S2. The average Bonchev–Trinajstić information content (AvgIpc) is 3.16. The summed E-state index contributed by atoms with van der Waals surface area (Å²) in [6.45, 7) is 2.04. The van der Waals surface area contributed by atoms with Crippen LogP contribution in [0.3, 0.4) is 0 Å². The summed E-state index contributed by atoms with van der Waals surface area (Å²) in [5.41, 5.74) is 1.64. The fourth-order valence-electron chi connectivity index (χ4n) is 2.66. The molecule has 30 heavy (non-hydrogen) atoms. The van der Waals surface area contributed by atoms with Crippen molar-refractivity contribution in [1.29, 1.82) is 0 Å². The van der Waals surface area contributed by atoms with E-state index < -0.39 is 10.8 Å². The third-order valence-corrected chi connectivity index (χ3v) is 6.26. The van der Waals surface area contributed by atoms with Gasteiger partial charge >= 0.3 is 0 Å². The molecule has 0 fully saturated rings. The van der Waals surface area contributed by atoms with E-state index in [0.717, 1.165) is 11.3 Å². The van der Waals surface area contributed by atoms with Gasteiger partial charge in [0.1, 0.15) is 11.5 Å². The molecule has 156 valence electrons. The molecule has 0 aliphatic rings. The highest BCUT2D eigenvalue weighted by Gasteiger charge is 2.20. The molecule has 0 aliphatic heterocycles. The number of thiazole rings is 1. The molecule has 0 saturated heterocycles. The van der Waals surface area contributed by atoms with Gasteiger partial charge < -0.3 is 14.8 Å². The highest BCUT2D eigenvalue weighted by molar-refractivity contribution is 8.01. The quantitative estimate of drug-likeness (QED) is 0.403. The van der Waals surface area contributed by atoms with Crippen LogP contribution in [0.5, 0.6) is 11.5 Å². The highest BCUT2D eigenvalue weighted by Crippen LogP contribution is 2.36. The number of nitrogens with zero attached hydrogens (tertiary/aromatic N) is 2. The molecule has 3 aromatic rings. The molecule has 0 aliphatic carbocycles. The molecule has 0 unspecified atom stereocenters. The van der Waals surface area contributed by atoms with Gasteiger partial charge in [-0.15, -0.1) is 11.3 Å². The third kappa shape index (κ3) is 5.08. The van der Waals surface area contributed by atoms with Gasteiger partial charge in [-0.2, -0.15) is 0 Å². The Morgan fingerprint density at radius 3 is 2.67 bits per heavy atom. The van der Waals surface area contributed by atoms with E-state index >= 15 is 0 Å². The number of amides is 1. The molecule has 0 atom stereocenters. The Morgan fingerprint density at radius 1 is 1.23 bits per heavy atom. The van der Waals surface area contributed by atoms with Gasteiger partial charge in [0, 0.05) is 34.8 Å². The van der Waals surface area contributed by atoms with Crippen molar-refractivity contribution in [1.82, 2.24) is 10.3 Å². The zero-order chi connectivity index (χ0) is 21.7. The summed E-state index contributed by atoms with van der Waals surface area (Å²) in [7, 11) is 3.09. The maximum Gasteiger partial charge on any atom is 0.284 e. The van der Waals surface area contributed by atoms with Gasteiger partial charge in [0.25, 0.3) is 11.6 Å². The fourth-order valence-corrected chi connectivity index (χ4v) is 4.54. The van der Waals surface area contributed by atoms with E-state index in [9.17, 15) is 14.9 Å². The van der Waals surface area contributed by atoms with E-state index in [1.54, 1.807) is 37.4 Å². The number of hydrogen-bond acceptors (Lipinski definition) is 8. The van der Waals surface area contributed by atoms with Crippen LogP contribution in [0.4, 0.5) is 5.69 Å². The zero-order valence-electron chi connectivity index (χ0n) is 16.5. The summed E-state index contributed by atoms with van der Waals surface area (Å²) >= 11 is 2.62. The minimum atomic E-state index is -0.495. The minimum Gasteiger partial charge on any atom is -0.497 e. The van der Waals surface area contributed by atoms with Crippen molar-refractivity contribution in [2.75, 3.05) is 14.2 Å². The maximum atomic E-state index is 12.6. The van der Waals surface area contributed by atoms with Gasteiger partial charge in [0.05, 0.1) is 24.0 Å². The second kappa shape index (κ2) is 9.59. The van der Waals surface area contributed by atoms with Gasteiger partial charge in [-0.3, -0.25) is 14.9 Å². The Morgan fingerprint density at radius 2 is 2.03 bits per heavy atom. The first-order chi connectivity index (χ1) is 14.4. The third-order valence-electron chi connectivity index (χ3n) is 4.14. The summed E-state index contributed by atoms with van der Waals surface area (Å²) in [4.78, 5) is 28.4. The van der Waals surface area contributed by atoms with E-state index in [1.807, 2.05) is 12.3 Å². The summed E-state index contributed by atoms with van der Waals surface area (Å²) in [6.07, 6.45) is 0. The number of aryl methyl sites for hydroxylation is 1. The average molecular weight is 446 g/mol. The zero-order valence-corrected chi connectivity index (χ0v) is 18.1. The summed E-state index contributed by atoms with van der Waals surface area (Å²) in [5.74, 6) is 0.812. The minimum absolute atomic E-state index is 0.139. The van der Waals surface area contributed by atoms with Crippen molar-refractivity contribution in [3.05, 3.63) is 68.7 Å². The van der Waals surface area contributed by atoms with Crippen molar-refractivity contribution in [3.8, 4) is 11.5 Å². The van der Waals surface area contributed by atoms with Crippen LogP contribution in [0.1, 0.15) is 21.6 Å². The van der Waals surface area contributed by atoms with Crippen LogP contribution >= 0.6 is 23.1 Å². The van der Waals surface area contributed by atoms with Gasteiger partial charge in [-0.25, -0.2) is 4.98 Å². The summed E-state index contributed by atoms with van der Waals surface area (Å²) in [6, 6.07) is 9.68. The van der Waals surface area contributed by atoms with Crippen LogP contribution in [0.25, 0.3) is 0 Å². The maximum absolute atomic E-state index is 12.6. The van der Waals surface area contributed by atoms with Crippen LogP contribution in [0, 0.1) is 17.0 Å². The van der Waals surface area contributed by atoms with E-state index in [-0.39, 0.29) is 17.8 Å². The Kier molecular flexibility index (Phi) is 6.91. The van der Waals surface area contributed by atoms with Crippen LogP contribution in [0.15, 0.2) is 51.0 Å². The first-order valence-corrected chi connectivity index (χ1v) is 10.5. The Balaban J connectivity index is 1.78. The van der Waals surface area contributed by atoms with E-state index in [1.165, 1.54) is 36.3 Å². The molecule has 0 bridgehead atoms. The Hall–Kier alpha value is -3.11. The normalized spacial score (nSPS) is 10.5. The second-order valence-electron chi connectivity index (χ2n) is 6.16. The molecule has 1 heterocycles. The highest BCUT2D eigenvalue weighted by atomic mass is 32.2. The molecule has 3 rings (SSSR count). The van der Waals surface area contributed by atoms with E-state index in [4.69, 9.17) is 9.47 Å². The van der Waals surface area contributed by atoms with Gasteiger partial charge in [-0.1, -0.05) is 11.8 Å². The molecule has 1 aromatic heterocycles. The number of rotatable bonds is 8. The monoisotopic (exact) mass is 445 g/mol. The number of nitro benzene ring substituents is 1. The largest absolute Gasteiger partial charge is 0.497 e. The summed E-state index contributed by atoms with van der Waals surface area (Å²) in [5, 5.41) is 16.2. The van der Waals surface area contributed by atoms with Crippen LogP contribution in [-0.4, -0.2) is 30.0 Å². The predicted molar refractivity (Wildman–Crippen MR) is 115 cm³/mol. The standard InChI is InChI=1S/C20H19N3O5S2/c1-12-11-29-20(22-12)30-18-7-4-13(9-16(18)23(25)26)19(24)21-10-14-8-15(27-2)5-6-17(14)28-3/h4-9,11H,10H2,1-3H3,(H,21,24). The van der Waals surface area contributed by atoms with Crippen molar-refractivity contribution < 1.29 is 19.2 Å². The number of benzene rings is 2. The van der Waals surface area contributed by atoms with E-state index in [2.05, 4.69) is 10.3 Å². The predicted octanol–water partition coefficient (Wildman–Crippen LogP) is 4.46. The molecule has 0 spiro atoms. The lowest BCUT2D eigenvalue weighted by molar-refractivity contribution is -0.387. The van der Waals surface area contributed by atoms with Crippen LogP contribution in [-0.2, 0) is 6.54 Å². The van der Waals surface area contributed by atoms with E-state index in [0.29, 0.717) is 20.7 Å². The lowest BCUT2D eigenvalue weighted by Gasteiger charge is -2.12. The molecule has 1 amide bonds. The van der Waals surface area contributed by atoms with Gasteiger partial charge in [-0.05, 0) is 37.3 Å². The topological polar surface area (TPSA) is 104 Å². The molecule has 0 radical (unpaired) electrons. The first-order valence-electron chi connectivity index (χ1n) is 8.78. The Bertz CT molecular complexity index is 1080. The number of hydrogen-bond donors (Lipinski definition) is 1. The van der Waals surface area contributed by atoms with Crippen molar-refractivity contribution >= 4 is 34.7 Å². The number of aromatic nitrogens is 1. The number of methoxy groups -OCH3 is 2. The molecule has 0 saturated carbocycles. The Labute approximate surface area is 181 Å². The van der Waals surface area contributed by atoms with Crippen molar-refractivity contribution in [3.63, 3.8) is 0 Å². The second-order valence-corrected chi connectivity index (χ2v) is 8.30. The van der Waals surface area contributed by atoms with Crippen molar-refractivity contribution in [2.24, 2.45) is 0 Å². The number of ether oxygens (including phenoxy) is 2. The lowest BCUT2D eigenvalue weighted by atomic mass is 10.1. The number of nitro groups is 1. The molecule has 1 N–H and O–H groups in total. The molecule has 2 aromatic carbocycles. The van der Waals surface area contributed by atoms with Crippen LogP contribution in [0.2, 0.25) is 0 Å². The van der Waals surface area contributed by atoms with Gasteiger partial charge in [0.15, 0.2) is 4.34 Å². The fraction of sp³-hybridized carbons (Fsp3) is 0.200. The molecule has 8 nitrogen and oxygen atoms in total. The molecular weight excluding hydrogens is 426 g/mol. The number of nitrogens with one attached hydrogen (secondary N) is 1.